The Balaban J connectivity index is 3.92. The van der Waals surface area contributed by atoms with Crippen molar-refractivity contribution in [2.45, 2.75) is 20.3 Å². The lowest BCUT2D eigenvalue weighted by Crippen LogP contribution is -2.37. The van der Waals surface area contributed by atoms with Crippen LogP contribution in [0.1, 0.15) is 20.3 Å². The van der Waals surface area contributed by atoms with E-state index < -0.39 is 9.84 Å². The monoisotopic (exact) mass is 236 g/mol. The first kappa shape index (κ1) is 14.4. The number of hydrogen-bond acceptors (Lipinski definition) is 4. The van der Waals surface area contributed by atoms with Crippen molar-refractivity contribution in [3.05, 3.63) is 0 Å². The molecule has 0 aromatic rings. The number of carbonyl (C=O) groups is 1. The van der Waals surface area contributed by atoms with E-state index in [1.165, 1.54) is 0 Å². The second kappa shape index (κ2) is 6.79. The molecule has 0 radical (unpaired) electrons. The van der Waals surface area contributed by atoms with E-state index >= 15 is 0 Å². The van der Waals surface area contributed by atoms with Crippen molar-refractivity contribution in [2.75, 3.05) is 24.6 Å². The Morgan fingerprint density at radius 1 is 1.40 bits per heavy atom. The van der Waals surface area contributed by atoms with Crippen LogP contribution in [0.2, 0.25) is 0 Å². The van der Waals surface area contributed by atoms with Gasteiger partial charge in [0.2, 0.25) is 5.91 Å². The molecule has 0 bridgehead atoms. The normalized spacial score (nSPS) is 13.5. The molecule has 0 aromatic carbocycles. The predicted octanol–water partition coefficient (Wildman–Crippen LogP) is -0.478. The van der Waals surface area contributed by atoms with Gasteiger partial charge in [-0.15, -0.1) is 0 Å². The maximum absolute atomic E-state index is 11.4. The molecule has 15 heavy (non-hydrogen) atoms. The molecule has 0 aliphatic rings. The lowest BCUT2D eigenvalue weighted by atomic mass is 10.1. The highest BCUT2D eigenvalue weighted by atomic mass is 32.2. The first-order valence-electron chi connectivity index (χ1n) is 5.15. The van der Waals surface area contributed by atoms with Gasteiger partial charge in [-0.25, -0.2) is 8.42 Å². The lowest BCUT2D eigenvalue weighted by Gasteiger charge is -2.12. The van der Waals surface area contributed by atoms with E-state index in [9.17, 15) is 13.2 Å². The van der Waals surface area contributed by atoms with Gasteiger partial charge < -0.3 is 11.1 Å². The molecule has 0 saturated heterocycles. The highest BCUT2D eigenvalue weighted by Crippen LogP contribution is 1.99. The molecular formula is C9H20N2O3S. The second-order valence-corrected chi connectivity index (χ2v) is 5.84. The molecule has 1 unspecified atom stereocenters. The molecule has 1 atom stereocenters. The van der Waals surface area contributed by atoms with Crippen LogP contribution in [-0.2, 0) is 14.6 Å². The van der Waals surface area contributed by atoms with E-state index in [1.807, 2.05) is 6.92 Å². The summed E-state index contributed by atoms with van der Waals surface area (Å²) < 4.78 is 22.2. The van der Waals surface area contributed by atoms with Crippen molar-refractivity contribution in [1.29, 1.82) is 0 Å². The smallest absolute Gasteiger partial charge is 0.224 e. The van der Waals surface area contributed by atoms with Gasteiger partial charge in [-0.3, -0.25) is 4.79 Å². The molecule has 0 heterocycles. The van der Waals surface area contributed by atoms with Crippen LogP contribution in [0.4, 0.5) is 0 Å². The predicted molar refractivity (Wildman–Crippen MR) is 60.2 cm³/mol. The number of nitrogens with one attached hydrogen (secondary N) is 1. The van der Waals surface area contributed by atoms with Gasteiger partial charge in [-0.2, -0.15) is 0 Å². The molecule has 1 amide bonds. The van der Waals surface area contributed by atoms with E-state index in [0.29, 0.717) is 13.0 Å². The average Bonchev–Trinajstić information content (AvgIpc) is 2.19. The maximum atomic E-state index is 11.4. The molecule has 0 saturated carbocycles. The van der Waals surface area contributed by atoms with Crippen molar-refractivity contribution in [3.8, 4) is 0 Å². The van der Waals surface area contributed by atoms with Gasteiger partial charge in [0, 0.05) is 24.8 Å². The minimum Gasteiger partial charge on any atom is -0.355 e. The summed E-state index contributed by atoms with van der Waals surface area (Å²) in [6, 6.07) is 0. The number of carbonyl (C=O) groups excluding carboxylic acids is 1. The Labute approximate surface area is 91.3 Å². The number of nitrogens with two attached hydrogens (primary N) is 1. The first-order chi connectivity index (χ1) is 6.96. The molecule has 5 nitrogen and oxygen atoms in total. The topological polar surface area (TPSA) is 89.3 Å². The summed E-state index contributed by atoms with van der Waals surface area (Å²) in [5.74, 6) is -0.270. The number of sulfone groups is 1. The van der Waals surface area contributed by atoms with E-state index in [0.717, 1.165) is 0 Å². The Morgan fingerprint density at radius 2 is 2.00 bits per heavy atom. The lowest BCUT2D eigenvalue weighted by molar-refractivity contribution is -0.124. The van der Waals surface area contributed by atoms with Crippen LogP contribution in [0.3, 0.4) is 0 Å². The van der Waals surface area contributed by atoms with Crippen molar-refractivity contribution in [3.63, 3.8) is 0 Å². The van der Waals surface area contributed by atoms with Crippen molar-refractivity contribution < 1.29 is 13.2 Å². The van der Waals surface area contributed by atoms with Crippen LogP contribution in [0.5, 0.6) is 0 Å². The van der Waals surface area contributed by atoms with Crippen molar-refractivity contribution in [1.82, 2.24) is 5.32 Å². The van der Waals surface area contributed by atoms with Gasteiger partial charge in [0.05, 0.1) is 5.75 Å². The van der Waals surface area contributed by atoms with Crippen LogP contribution in [0.15, 0.2) is 0 Å². The molecule has 3 N–H and O–H groups in total. The third kappa shape index (κ3) is 5.74. The molecule has 0 aromatic heterocycles. The Kier molecular flexibility index (Phi) is 6.51. The SMILES string of the molecule is CCC(CN)C(=O)NCCS(=O)(=O)CC. The molecule has 90 valence electrons. The molecule has 0 aliphatic carbocycles. The van der Waals surface area contributed by atoms with E-state index in [-0.39, 0.29) is 29.9 Å². The number of hydrogen-bond donors (Lipinski definition) is 2. The van der Waals surface area contributed by atoms with Gasteiger partial charge in [0.25, 0.3) is 0 Å². The molecular weight excluding hydrogens is 216 g/mol. The summed E-state index contributed by atoms with van der Waals surface area (Å²) in [5.41, 5.74) is 5.39. The summed E-state index contributed by atoms with van der Waals surface area (Å²) in [4.78, 5) is 11.4. The maximum Gasteiger partial charge on any atom is 0.224 e. The Morgan fingerprint density at radius 3 is 2.40 bits per heavy atom. The molecule has 0 fully saturated rings. The van der Waals surface area contributed by atoms with Gasteiger partial charge in [-0.1, -0.05) is 13.8 Å². The molecule has 0 aliphatic heterocycles. The van der Waals surface area contributed by atoms with Gasteiger partial charge in [0.15, 0.2) is 9.84 Å². The molecule has 0 spiro atoms. The minimum atomic E-state index is -3.00. The highest BCUT2D eigenvalue weighted by Gasteiger charge is 2.14. The number of amides is 1. The molecule has 6 heteroatoms. The van der Waals surface area contributed by atoms with Crippen LogP contribution in [0, 0.1) is 5.92 Å². The molecule has 0 rings (SSSR count). The largest absolute Gasteiger partial charge is 0.355 e. The third-order valence-electron chi connectivity index (χ3n) is 2.30. The third-order valence-corrected chi connectivity index (χ3v) is 4.01. The number of rotatable bonds is 7. The average molecular weight is 236 g/mol. The Bertz CT molecular complexity index is 284. The minimum absolute atomic E-state index is 0.00372. The first-order valence-corrected chi connectivity index (χ1v) is 6.97. The van der Waals surface area contributed by atoms with Crippen LogP contribution >= 0.6 is 0 Å². The summed E-state index contributed by atoms with van der Waals surface area (Å²) in [5, 5.41) is 2.58. The highest BCUT2D eigenvalue weighted by molar-refractivity contribution is 7.91. The fourth-order valence-electron chi connectivity index (χ4n) is 1.08. The van der Waals surface area contributed by atoms with Gasteiger partial charge >= 0.3 is 0 Å². The van der Waals surface area contributed by atoms with Crippen LogP contribution < -0.4 is 11.1 Å². The van der Waals surface area contributed by atoms with Crippen molar-refractivity contribution >= 4 is 15.7 Å². The van der Waals surface area contributed by atoms with E-state index in [4.69, 9.17) is 5.73 Å². The summed E-state index contributed by atoms with van der Waals surface area (Å²) in [6.07, 6.45) is 0.670. The quantitative estimate of drug-likeness (QED) is 0.625. The summed E-state index contributed by atoms with van der Waals surface area (Å²) in [6.45, 7) is 3.93. The zero-order chi connectivity index (χ0) is 11.9. The van der Waals surface area contributed by atoms with E-state index in [2.05, 4.69) is 5.32 Å². The fraction of sp³-hybridized carbons (Fsp3) is 0.889. The zero-order valence-corrected chi connectivity index (χ0v) is 10.1. The van der Waals surface area contributed by atoms with Crippen LogP contribution in [0.25, 0.3) is 0 Å². The Hall–Kier alpha value is -0.620. The standard InChI is InChI=1S/C9H20N2O3S/c1-3-8(7-10)9(12)11-5-6-15(13,14)4-2/h8H,3-7,10H2,1-2H3,(H,11,12). The van der Waals surface area contributed by atoms with E-state index in [1.54, 1.807) is 6.92 Å². The van der Waals surface area contributed by atoms with Crippen LogP contribution in [-0.4, -0.2) is 38.9 Å². The van der Waals surface area contributed by atoms with Gasteiger partial charge in [0.1, 0.15) is 0 Å². The zero-order valence-electron chi connectivity index (χ0n) is 9.32. The van der Waals surface area contributed by atoms with Crippen molar-refractivity contribution in [2.24, 2.45) is 11.7 Å². The van der Waals surface area contributed by atoms with Gasteiger partial charge in [-0.05, 0) is 6.42 Å². The fourth-order valence-corrected chi connectivity index (χ4v) is 1.78. The second-order valence-electron chi connectivity index (χ2n) is 3.37. The summed E-state index contributed by atoms with van der Waals surface area (Å²) >= 11 is 0. The summed E-state index contributed by atoms with van der Waals surface area (Å²) in [7, 11) is -3.00.